The van der Waals surface area contributed by atoms with Crippen molar-refractivity contribution in [3.05, 3.63) is 24.3 Å². The Morgan fingerprint density at radius 1 is 1.31 bits per heavy atom. The van der Waals surface area contributed by atoms with Crippen molar-refractivity contribution < 1.29 is 40.3 Å². The Bertz CT molecular complexity index is 705. The van der Waals surface area contributed by atoms with E-state index in [1.807, 2.05) is 0 Å². The lowest BCUT2D eigenvalue weighted by molar-refractivity contribution is -0.274. The summed E-state index contributed by atoms with van der Waals surface area (Å²) in [5.74, 6) is -2.58. The molecule has 26 heavy (non-hydrogen) atoms. The van der Waals surface area contributed by atoms with Crippen LogP contribution in [0.1, 0.15) is 6.92 Å². The van der Waals surface area contributed by atoms with Crippen LogP contribution in [0.2, 0.25) is 0 Å². The maximum absolute atomic E-state index is 13.1. The van der Waals surface area contributed by atoms with Gasteiger partial charge in [-0.25, -0.2) is 4.39 Å². The monoisotopic (exact) mass is 404 g/mol. The number of carbonyl (C=O) groups is 1. The van der Waals surface area contributed by atoms with Gasteiger partial charge in [-0.2, -0.15) is 18.2 Å². The minimum absolute atomic E-state index is 0.109. The molecule has 1 saturated heterocycles. The fourth-order valence-electron chi connectivity index (χ4n) is 2.06. The van der Waals surface area contributed by atoms with E-state index in [1.165, 1.54) is 17.0 Å². The van der Waals surface area contributed by atoms with Gasteiger partial charge in [0.15, 0.2) is 5.17 Å². The lowest BCUT2D eigenvalue weighted by Gasteiger charge is -2.19. The Morgan fingerprint density at radius 2 is 1.96 bits per heavy atom. The van der Waals surface area contributed by atoms with Gasteiger partial charge in [-0.05, 0) is 12.1 Å². The van der Waals surface area contributed by atoms with E-state index in [9.17, 15) is 35.5 Å². The Balaban J connectivity index is 2.29. The summed E-state index contributed by atoms with van der Waals surface area (Å²) in [6, 6.07) is 4.62. The number of benzene rings is 1. The van der Waals surface area contributed by atoms with Crippen molar-refractivity contribution in [3.8, 4) is 5.75 Å². The third kappa shape index (κ3) is 5.26. The molecule has 0 spiro atoms. The topological polar surface area (TPSA) is 41.9 Å². The normalized spacial score (nSPS) is 21.2. The van der Waals surface area contributed by atoms with Gasteiger partial charge in [0.1, 0.15) is 5.75 Å². The summed E-state index contributed by atoms with van der Waals surface area (Å²) in [6.45, 7) is 1.81. The van der Waals surface area contributed by atoms with E-state index < -0.39 is 30.4 Å². The van der Waals surface area contributed by atoms with Crippen LogP contribution < -0.4 is 9.64 Å². The molecule has 2 unspecified atom stereocenters. The number of rotatable bonds is 3. The van der Waals surface area contributed by atoms with Crippen LogP contribution >= 0.6 is 11.8 Å². The minimum Gasteiger partial charge on any atom is -0.406 e. The summed E-state index contributed by atoms with van der Waals surface area (Å²) in [4.78, 5) is 15.8. The highest BCUT2D eigenvalue weighted by Crippen LogP contribution is 2.34. The van der Waals surface area contributed by atoms with Gasteiger partial charge in [0.05, 0.1) is 0 Å². The van der Waals surface area contributed by atoms with E-state index in [2.05, 4.69) is 9.73 Å². The Morgan fingerprint density at radius 3 is 2.54 bits per heavy atom. The van der Waals surface area contributed by atoms with Crippen LogP contribution in [-0.2, 0) is 4.79 Å². The van der Waals surface area contributed by atoms with Crippen LogP contribution in [0.3, 0.4) is 0 Å². The molecule has 1 aromatic rings. The van der Waals surface area contributed by atoms with Crippen molar-refractivity contribution in [3.63, 3.8) is 0 Å². The quantitative estimate of drug-likeness (QED) is 0.705. The molecule has 1 aliphatic heterocycles. The van der Waals surface area contributed by atoms with E-state index >= 15 is 0 Å². The third-order valence-electron chi connectivity index (χ3n) is 3.05. The van der Waals surface area contributed by atoms with Gasteiger partial charge in [0.2, 0.25) is 0 Å². The number of thioether (sulfide) groups is 1. The number of nitrogens with zero attached hydrogens (tertiary/aromatic N) is 2. The number of ether oxygens (including phenoxy) is 1. The zero-order chi connectivity index (χ0) is 19.7. The number of amides is 1. The van der Waals surface area contributed by atoms with Gasteiger partial charge >= 0.3 is 12.5 Å². The van der Waals surface area contributed by atoms with Crippen molar-refractivity contribution >= 4 is 28.5 Å². The van der Waals surface area contributed by atoms with E-state index in [1.54, 1.807) is 6.92 Å². The maximum Gasteiger partial charge on any atom is 0.573 e. The SMILES string of the molecule is CC1CN(c2cccc(OC(F)(F)F)c2)C(=NC(=O)C(F)C(F)(F)F)S1. The molecule has 144 valence electrons. The predicted molar refractivity (Wildman–Crippen MR) is 80.9 cm³/mol. The zero-order valence-electron chi connectivity index (χ0n) is 12.9. The van der Waals surface area contributed by atoms with Gasteiger partial charge in [-0.1, -0.05) is 24.8 Å². The fourth-order valence-corrected chi connectivity index (χ4v) is 3.09. The molecular weight excluding hydrogens is 393 g/mol. The van der Waals surface area contributed by atoms with Crippen molar-refractivity contribution in [2.45, 2.75) is 30.9 Å². The van der Waals surface area contributed by atoms with Crippen LogP contribution in [0.25, 0.3) is 0 Å². The second kappa shape index (κ2) is 7.33. The summed E-state index contributed by atoms with van der Waals surface area (Å²) >= 11 is 0.902. The predicted octanol–water partition coefficient (Wildman–Crippen LogP) is 4.31. The average Bonchev–Trinajstić information content (AvgIpc) is 2.84. The van der Waals surface area contributed by atoms with Crippen LogP contribution in [0.4, 0.5) is 36.4 Å². The average molecular weight is 404 g/mol. The lowest BCUT2D eigenvalue weighted by Crippen LogP contribution is -2.33. The highest BCUT2D eigenvalue weighted by atomic mass is 32.2. The van der Waals surface area contributed by atoms with Crippen molar-refractivity contribution in [1.29, 1.82) is 0 Å². The first-order valence-electron chi connectivity index (χ1n) is 7.00. The molecule has 12 heteroatoms. The van der Waals surface area contributed by atoms with Gasteiger partial charge < -0.3 is 9.64 Å². The van der Waals surface area contributed by atoms with Gasteiger partial charge in [-0.15, -0.1) is 13.2 Å². The second-order valence-corrected chi connectivity index (χ2v) is 6.63. The van der Waals surface area contributed by atoms with Crippen LogP contribution in [0.15, 0.2) is 29.3 Å². The van der Waals surface area contributed by atoms with E-state index in [0.717, 1.165) is 23.9 Å². The molecule has 0 N–H and O–H groups in total. The third-order valence-corrected chi connectivity index (χ3v) is 4.12. The summed E-state index contributed by atoms with van der Waals surface area (Å²) in [5.41, 5.74) is 0.109. The smallest absolute Gasteiger partial charge is 0.406 e. The molecule has 1 fully saturated rings. The van der Waals surface area contributed by atoms with E-state index in [-0.39, 0.29) is 22.6 Å². The first-order valence-corrected chi connectivity index (χ1v) is 7.88. The minimum atomic E-state index is -5.39. The molecule has 0 radical (unpaired) electrons. The van der Waals surface area contributed by atoms with E-state index in [4.69, 9.17) is 0 Å². The van der Waals surface area contributed by atoms with Crippen LogP contribution in [0, 0.1) is 0 Å². The van der Waals surface area contributed by atoms with Gasteiger partial charge in [0, 0.05) is 23.5 Å². The molecule has 0 bridgehead atoms. The standard InChI is InChI=1S/C14H11F7N2O2S/c1-7-6-23(8-3-2-4-9(5-8)25-14(19,20)21)12(26-7)22-11(24)10(15)13(16,17)18/h2-5,7,10H,6H2,1H3. The molecule has 0 aliphatic carbocycles. The summed E-state index contributed by atoms with van der Waals surface area (Å²) in [7, 11) is 0. The molecule has 1 amide bonds. The Labute approximate surface area is 147 Å². The number of amidine groups is 1. The molecule has 1 aliphatic rings. The number of halogens is 7. The second-order valence-electron chi connectivity index (χ2n) is 5.22. The van der Waals surface area contributed by atoms with Gasteiger partial charge in [0.25, 0.3) is 12.1 Å². The maximum atomic E-state index is 13.1. The van der Waals surface area contributed by atoms with Crippen molar-refractivity contribution in [1.82, 2.24) is 0 Å². The summed E-state index contributed by atoms with van der Waals surface area (Å²) < 4.78 is 90.6. The number of aliphatic imine (C=N–C) groups is 1. The summed E-state index contributed by atoms with van der Waals surface area (Å²) in [5, 5.41) is -0.476. The van der Waals surface area contributed by atoms with Crippen LogP contribution in [-0.4, -0.2) is 41.6 Å². The van der Waals surface area contributed by atoms with Crippen molar-refractivity contribution in [2.75, 3.05) is 11.4 Å². The van der Waals surface area contributed by atoms with Gasteiger partial charge in [-0.3, -0.25) is 4.79 Å². The first-order chi connectivity index (χ1) is 11.9. The first kappa shape index (κ1) is 20.3. The molecule has 4 nitrogen and oxygen atoms in total. The zero-order valence-corrected chi connectivity index (χ0v) is 13.8. The number of hydrogen-bond acceptors (Lipinski definition) is 3. The van der Waals surface area contributed by atoms with Crippen LogP contribution in [0.5, 0.6) is 5.75 Å². The number of carbonyl (C=O) groups excluding carboxylic acids is 1. The molecular formula is C14H11F7N2O2S. The molecule has 0 saturated carbocycles. The van der Waals surface area contributed by atoms with Crippen molar-refractivity contribution in [2.24, 2.45) is 4.99 Å². The highest BCUT2D eigenvalue weighted by Gasteiger charge is 2.46. The molecule has 1 heterocycles. The Hall–Kier alpha value is -1.98. The molecule has 2 atom stereocenters. The summed E-state index contributed by atoms with van der Waals surface area (Å²) in [6.07, 6.45) is -14.1. The lowest BCUT2D eigenvalue weighted by atomic mass is 10.2. The Kier molecular flexibility index (Phi) is 5.73. The fraction of sp³-hybridized carbons (Fsp3) is 0.429. The number of alkyl halides is 7. The number of hydrogen-bond donors (Lipinski definition) is 0. The largest absolute Gasteiger partial charge is 0.573 e. The number of anilines is 1. The highest BCUT2D eigenvalue weighted by molar-refractivity contribution is 8.15. The molecule has 1 aromatic carbocycles. The van der Waals surface area contributed by atoms with E-state index in [0.29, 0.717) is 0 Å². The molecule has 0 aromatic heterocycles. The molecule has 2 rings (SSSR count).